The highest BCUT2D eigenvalue weighted by Crippen LogP contribution is 2.41. The van der Waals surface area contributed by atoms with Crippen LogP contribution in [0.3, 0.4) is 0 Å². The third-order valence-electron chi connectivity index (χ3n) is 6.88. The Hall–Kier alpha value is -1.38. The van der Waals surface area contributed by atoms with Gasteiger partial charge in [0.1, 0.15) is 5.75 Å². The van der Waals surface area contributed by atoms with Gasteiger partial charge in [0.05, 0.1) is 6.61 Å². The Morgan fingerprint density at radius 2 is 1.61 bits per heavy atom. The van der Waals surface area contributed by atoms with Gasteiger partial charge in [-0.25, -0.2) is 8.78 Å². The van der Waals surface area contributed by atoms with Gasteiger partial charge >= 0.3 is 0 Å². The topological polar surface area (TPSA) is 9.23 Å². The van der Waals surface area contributed by atoms with Crippen molar-refractivity contribution in [1.29, 1.82) is 0 Å². The lowest BCUT2D eigenvalue weighted by Crippen LogP contribution is -2.27. The molecule has 2 fully saturated rings. The van der Waals surface area contributed by atoms with E-state index in [1.807, 2.05) is 0 Å². The third kappa shape index (κ3) is 6.32. The predicted molar refractivity (Wildman–Crippen MR) is 111 cm³/mol. The highest BCUT2D eigenvalue weighted by molar-refractivity contribution is 5.23. The van der Waals surface area contributed by atoms with E-state index in [1.165, 1.54) is 76.7 Å². The number of rotatable bonds is 8. The molecule has 2 aliphatic rings. The van der Waals surface area contributed by atoms with Gasteiger partial charge in [-0.2, -0.15) is 0 Å². The summed E-state index contributed by atoms with van der Waals surface area (Å²) in [5.41, 5.74) is 0. The second-order valence-corrected chi connectivity index (χ2v) is 8.91. The molecule has 1 nitrogen and oxygen atoms in total. The molecule has 0 radical (unpaired) electrons. The van der Waals surface area contributed by atoms with Crippen LogP contribution in [0.2, 0.25) is 0 Å². The Morgan fingerprint density at radius 3 is 2.25 bits per heavy atom. The molecule has 1 aromatic rings. The molecular formula is C25H36F2O. The lowest BCUT2D eigenvalue weighted by molar-refractivity contribution is 0.129. The van der Waals surface area contributed by atoms with E-state index in [9.17, 15) is 8.78 Å². The normalized spacial score (nSPS) is 28.5. The van der Waals surface area contributed by atoms with Gasteiger partial charge in [-0.15, -0.1) is 0 Å². The van der Waals surface area contributed by atoms with Gasteiger partial charge in [0, 0.05) is 6.07 Å². The lowest BCUT2D eigenvalue weighted by Gasteiger charge is -2.37. The Bertz CT molecular complexity index is 611. The summed E-state index contributed by atoms with van der Waals surface area (Å²) in [5.74, 6) is 1.93. The lowest BCUT2D eigenvalue weighted by atomic mass is 9.69. The van der Waals surface area contributed by atoms with Crippen LogP contribution in [0, 0.1) is 35.3 Å². The van der Waals surface area contributed by atoms with Gasteiger partial charge in [-0.3, -0.25) is 0 Å². The van der Waals surface area contributed by atoms with Gasteiger partial charge in [-0.05, 0) is 93.6 Å². The van der Waals surface area contributed by atoms with E-state index in [0.717, 1.165) is 29.9 Å². The zero-order valence-electron chi connectivity index (χ0n) is 17.3. The summed E-state index contributed by atoms with van der Waals surface area (Å²) in [6, 6.07) is 3.80. The van der Waals surface area contributed by atoms with Gasteiger partial charge in [-0.1, -0.05) is 31.9 Å². The number of allylic oxidation sites excluding steroid dienone is 2. The first-order valence-corrected chi connectivity index (χ1v) is 11.4. The number of unbranched alkanes of at least 4 members (excludes halogenated alkanes) is 2. The zero-order valence-corrected chi connectivity index (χ0v) is 17.3. The third-order valence-corrected chi connectivity index (χ3v) is 6.88. The second kappa shape index (κ2) is 11.0. The molecule has 1 aromatic carbocycles. The van der Waals surface area contributed by atoms with Crippen molar-refractivity contribution in [2.75, 3.05) is 6.61 Å². The minimum absolute atomic E-state index is 0.436. The fraction of sp³-hybridized carbons (Fsp3) is 0.680. The van der Waals surface area contributed by atoms with Gasteiger partial charge < -0.3 is 4.74 Å². The summed E-state index contributed by atoms with van der Waals surface area (Å²) >= 11 is 0. The van der Waals surface area contributed by atoms with Crippen molar-refractivity contribution >= 4 is 0 Å². The summed E-state index contributed by atoms with van der Waals surface area (Å²) in [7, 11) is 0. The van der Waals surface area contributed by atoms with Crippen molar-refractivity contribution in [2.45, 2.75) is 77.6 Å². The molecule has 0 N–H and O–H groups in total. The van der Waals surface area contributed by atoms with Crippen LogP contribution in [0.1, 0.15) is 77.6 Å². The van der Waals surface area contributed by atoms with Crippen molar-refractivity contribution in [2.24, 2.45) is 23.7 Å². The van der Waals surface area contributed by atoms with Crippen molar-refractivity contribution in [3.05, 3.63) is 42.0 Å². The molecule has 0 aliphatic heterocycles. The van der Waals surface area contributed by atoms with E-state index in [0.29, 0.717) is 18.3 Å². The molecule has 0 aromatic heterocycles. The van der Waals surface area contributed by atoms with Crippen molar-refractivity contribution in [1.82, 2.24) is 0 Å². The van der Waals surface area contributed by atoms with E-state index in [1.54, 1.807) is 0 Å². The van der Waals surface area contributed by atoms with Crippen LogP contribution in [0.5, 0.6) is 5.75 Å². The molecule has 28 heavy (non-hydrogen) atoms. The van der Waals surface area contributed by atoms with E-state index in [-0.39, 0.29) is 0 Å². The van der Waals surface area contributed by atoms with Gasteiger partial charge in [0.15, 0.2) is 11.6 Å². The van der Waals surface area contributed by atoms with Crippen LogP contribution in [-0.2, 0) is 0 Å². The molecule has 3 rings (SSSR count). The molecule has 0 bridgehead atoms. The van der Waals surface area contributed by atoms with Crippen molar-refractivity contribution in [3.8, 4) is 5.75 Å². The minimum atomic E-state index is -0.836. The van der Waals surface area contributed by atoms with Gasteiger partial charge in [0.25, 0.3) is 0 Å². The average Bonchev–Trinajstić information content (AvgIpc) is 2.73. The van der Waals surface area contributed by atoms with Crippen molar-refractivity contribution < 1.29 is 13.5 Å². The maximum Gasteiger partial charge on any atom is 0.162 e. The quantitative estimate of drug-likeness (QED) is 0.326. The van der Waals surface area contributed by atoms with E-state index in [2.05, 4.69) is 19.1 Å². The summed E-state index contributed by atoms with van der Waals surface area (Å²) < 4.78 is 32.0. The van der Waals surface area contributed by atoms with Crippen LogP contribution in [0.25, 0.3) is 0 Å². The Balaban J connectivity index is 1.34. The van der Waals surface area contributed by atoms with Crippen LogP contribution in [-0.4, -0.2) is 6.61 Å². The molecule has 0 atom stereocenters. The number of hydrogen-bond acceptors (Lipinski definition) is 1. The monoisotopic (exact) mass is 390 g/mol. The highest BCUT2D eigenvalue weighted by Gasteiger charge is 2.30. The Labute approximate surface area is 169 Å². The Morgan fingerprint density at radius 1 is 0.929 bits per heavy atom. The first kappa shape index (κ1) is 21.3. The smallest absolute Gasteiger partial charge is 0.162 e. The molecule has 0 saturated heterocycles. The van der Waals surface area contributed by atoms with Crippen LogP contribution in [0.4, 0.5) is 8.78 Å². The summed E-state index contributed by atoms with van der Waals surface area (Å²) in [6.07, 6.45) is 19.3. The SMILES string of the molecule is CCCC/C=C/[C@H]1CC[C@H](C2CCC(COc3ccc(F)c(F)c3)CC2)CC1. The molecule has 0 heterocycles. The van der Waals surface area contributed by atoms with Gasteiger partial charge in [0.2, 0.25) is 0 Å². The molecule has 156 valence electrons. The summed E-state index contributed by atoms with van der Waals surface area (Å²) in [5, 5.41) is 0. The maximum absolute atomic E-state index is 13.3. The molecule has 3 heteroatoms. The zero-order chi connectivity index (χ0) is 19.8. The maximum atomic E-state index is 13.3. The van der Waals surface area contributed by atoms with E-state index >= 15 is 0 Å². The fourth-order valence-corrected chi connectivity index (χ4v) is 5.03. The van der Waals surface area contributed by atoms with Crippen molar-refractivity contribution in [3.63, 3.8) is 0 Å². The summed E-state index contributed by atoms with van der Waals surface area (Å²) in [4.78, 5) is 0. The minimum Gasteiger partial charge on any atom is -0.493 e. The number of benzene rings is 1. The largest absolute Gasteiger partial charge is 0.493 e. The van der Waals surface area contributed by atoms with Crippen LogP contribution >= 0.6 is 0 Å². The Kier molecular flexibility index (Phi) is 8.36. The predicted octanol–water partition coefficient (Wildman–Crippen LogP) is 7.70. The molecule has 2 aliphatic carbocycles. The van der Waals surface area contributed by atoms with Crippen LogP contribution in [0.15, 0.2) is 30.4 Å². The number of hydrogen-bond donors (Lipinski definition) is 0. The van der Waals surface area contributed by atoms with Crippen LogP contribution < -0.4 is 4.74 Å². The number of halogens is 2. The molecule has 0 unspecified atom stereocenters. The second-order valence-electron chi connectivity index (χ2n) is 8.91. The standard InChI is InChI=1S/C25H36F2O/c1-2-3-4-5-6-19-7-11-21(12-8-19)22-13-9-20(10-14-22)18-28-23-15-16-24(26)25(27)17-23/h5-6,15-17,19-22H,2-4,7-14,18H2,1H3/b6-5+/t19-,20?,21-,22?. The highest BCUT2D eigenvalue weighted by atomic mass is 19.2. The number of ether oxygens (including phenoxy) is 1. The van der Waals surface area contributed by atoms with E-state index < -0.39 is 11.6 Å². The summed E-state index contributed by atoms with van der Waals surface area (Å²) in [6.45, 7) is 2.87. The first-order valence-electron chi connectivity index (χ1n) is 11.4. The average molecular weight is 391 g/mol. The molecule has 0 amide bonds. The molecule has 2 saturated carbocycles. The van der Waals surface area contributed by atoms with E-state index in [4.69, 9.17) is 4.74 Å². The molecule has 0 spiro atoms. The fourth-order valence-electron chi connectivity index (χ4n) is 5.03. The first-order chi connectivity index (χ1) is 13.7. The molecular weight excluding hydrogens is 354 g/mol.